The molecule has 0 spiro atoms. The highest BCUT2D eigenvalue weighted by molar-refractivity contribution is 5.87. The van der Waals surface area contributed by atoms with Crippen molar-refractivity contribution in [2.45, 2.75) is 13.5 Å². The van der Waals surface area contributed by atoms with Gasteiger partial charge in [0.25, 0.3) is 0 Å². The molecule has 2 aromatic carbocycles. The van der Waals surface area contributed by atoms with Crippen LogP contribution in [0.4, 0.5) is 4.39 Å². The molecular weight excluding hydrogens is 293 g/mol. The second kappa shape index (κ2) is 8.54. The number of amides is 1. The average Bonchev–Trinajstić information content (AvgIpc) is 2.57. The van der Waals surface area contributed by atoms with E-state index in [-0.39, 0.29) is 11.7 Å². The van der Waals surface area contributed by atoms with Gasteiger partial charge in [-0.3, -0.25) is 4.79 Å². The first kappa shape index (κ1) is 16.5. The lowest BCUT2D eigenvalue weighted by atomic mass is 10.2. The first-order chi connectivity index (χ1) is 11.2. The number of carbonyl (C=O) groups excluding carboxylic acids is 1. The van der Waals surface area contributed by atoms with Gasteiger partial charge in [-0.1, -0.05) is 30.4 Å². The van der Waals surface area contributed by atoms with Gasteiger partial charge in [-0.2, -0.15) is 0 Å². The summed E-state index contributed by atoms with van der Waals surface area (Å²) in [6.07, 6.45) is 6.81. The second-order valence-corrected chi connectivity index (χ2v) is 4.80. The molecule has 4 heteroatoms. The summed E-state index contributed by atoms with van der Waals surface area (Å²) in [7, 11) is 0. The zero-order valence-corrected chi connectivity index (χ0v) is 12.8. The van der Waals surface area contributed by atoms with Crippen LogP contribution in [0.2, 0.25) is 0 Å². The summed E-state index contributed by atoms with van der Waals surface area (Å²) in [5.41, 5.74) is 0.962. The predicted molar refractivity (Wildman–Crippen MR) is 88.7 cm³/mol. The molecule has 0 saturated heterocycles. The molecule has 0 radical (unpaired) electrons. The highest BCUT2D eigenvalue weighted by Gasteiger charge is 2.00. The monoisotopic (exact) mass is 311 g/mol. The minimum atomic E-state index is -0.299. The van der Waals surface area contributed by atoms with Crippen LogP contribution in [0.5, 0.6) is 11.5 Å². The molecule has 0 bridgehead atoms. The van der Waals surface area contributed by atoms with Gasteiger partial charge in [0.1, 0.15) is 17.3 Å². The van der Waals surface area contributed by atoms with E-state index in [9.17, 15) is 9.18 Å². The Balaban J connectivity index is 1.87. The lowest BCUT2D eigenvalue weighted by Crippen LogP contribution is -2.20. The number of carbonyl (C=O) groups is 1. The molecule has 1 amide bonds. The number of hydrogen-bond acceptors (Lipinski definition) is 2. The SMILES string of the molecule is C/C=C/C=C/C(=O)NCc1ccc(Oc2ccc(F)cc2)cc1. The van der Waals surface area contributed by atoms with E-state index in [1.165, 1.54) is 18.2 Å². The van der Waals surface area contributed by atoms with Gasteiger partial charge in [-0.15, -0.1) is 0 Å². The summed E-state index contributed by atoms with van der Waals surface area (Å²) in [5.74, 6) is 0.780. The van der Waals surface area contributed by atoms with Crippen molar-refractivity contribution < 1.29 is 13.9 Å². The van der Waals surface area contributed by atoms with Crippen molar-refractivity contribution in [3.8, 4) is 11.5 Å². The summed E-state index contributed by atoms with van der Waals surface area (Å²) in [6, 6.07) is 13.2. The van der Waals surface area contributed by atoms with Crippen molar-refractivity contribution >= 4 is 5.91 Å². The molecule has 3 nitrogen and oxygen atoms in total. The number of hydrogen-bond donors (Lipinski definition) is 1. The highest BCUT2D eigenvalue weighted by Crippen LogP contribution is 2.21. The second-order valence-electron chi connectivity index (χ2n) is 4.80. The molecule has 0 aliphatic carbocycles. The number of allylic oxidation sites excluding steroid dienone is 3. The van der Waals surface area contributed by atoms with Crippen molar-refractivity contribution in [1.82, 2.24) is 5.32 Å². The van der Waals surface area contributed by atoms with E-state index in [1.807, 2.05) is 25.1 Å². The van der Waals surface area contributed by atoms with E-state index >= 15 is 0 Å². The Hall–Kier alpha value is -2.88. The van der Waals surface area contributed by atoms with Crippen LogP contribution < -0.4 is 10.1 Å². The summed E-state index contributed by atoms with van der Waals surface area (Å²) in [4.78, 5) is 11.5. The summed E-state index contributed by atoms with van der Waals surface area (Å²) in [6.45, 7) is 2.33. The van der Waals surface area contributed by atoms with E-state index in [0.29, 0.717) is 18.0 Å². The van der Waals surface area contributed by atoms with E-state index < -0.39 is 0 Å². The van der Waals surface area contributed by atoms with Crippen LogP contribution in [0.25, 0.3) is 0 Å². The van der Waals surface area contributed by atoms with Gasteiger partial charge in [0.2, 0.25) is 5.91 Å². The number of nitrogens with one attached hydrogen (secondary N) is 1. The minimum Gasteiger partial charge on any atom is -0.457 e. The molecule has 0 atom stereocenters. The number of rotatable bonds is 6. The fourth-order valence-corrected chi connectivity index (χ4v) is 1.82. The molecule has 1 N–H and O–H groups in total. The zero-order chi connectivity index (χ0) is 16.5. The van der Waals surface area contributed by atoms with Crippen molar-refractivity contribution in [3.63, 3.8) is 0 Å². The van der Waals surface area contributed by atoms with E-state index in [4.69, 9.17) is 4.74 Å². The standard InChI is InChI=1S/C19H18FNO2/c1-2-3-4-5-19(22)21-14-15-6-10-17(11-7-15)23-18-12-8-16(20)9-13-18/h2-13H,14H2,1H3,(H,21,22)/b3-2+,5-4+. The van der Waals surface area contributed by atoms with Gasteiger partial charge in [-0.25, -0.2) is 4.39 Å². The molecule has 118 valence electrons. The molecule has 2 rings (SSSR count). The molecule has 0 unspecified atom stereocenters. The lowest BCUT2D eigenvalue weighted by Gasteiger charge is -2.07. The molecule has 0 aliphatic rings. The highest BCUT2D eigenvalue weighted by atomic mass is 19.1. The Labute approximate surface area is 135 Å². The maximum Gasteiger partial charge on any atom is 0.244 e. The maximum atomic E-state index is 12.8. The van der Waals surface area contributed by atoms with E-state index in [0.717, 1.165) is 5.56 Å². The topological polar surface area (TPSA) is 38.3 Å². The van der Waals surface area contributed by atoms with Crippen LogP contribution in [0, 0.1) is 5.82 Å². The Kier molecular flexibility index (Phi) is 6.12. The van der Waals surface area contributed by atoms with Gasteiger partial charge >= 0.3 is 0 Å². The first-order valence-corrected chi connectivity index (χ1v) is 7.27. The molecule has 23 heavy (non-hydrogen) atoms. The van der Waals surface area contributed by atoms with Crippen LogP contribution in [-0.2, 0) is 11.3 Å². The first-order valence-electron chi connectivity index (χ1n) is 7.27. The largest absolute Gasteiger partial charge is 0.457 e. The van der Waals surface area contributed by atoms with Crippen LogP contribution in [0.1, 0.15) is 12.5 Å². The molecule has 0 aromatic heterocycles. The van der Waals surface area contributed by atoms with Crippen LogP contribution >= 0.6 is 0 Å². The lowest BCUT2D eigenvalue weighted by molar-refractivity contribution is -0.116. The third-order valence-electron chi connectivity index (χ3n) is 2.99. The summed E-state index contributed by atoms with van der Waals surface area (Å²) in [5, 5.41) is 2.79. The predicted octanol–water partition coefficient (Wildman–Crippen LogP) is 4.37. The third-order valence-corrected chi connectivity index (χ3v) is 2.99. The molecule has 0 aliphatic heterocycles. The van der Waals surface area contributed by atoms with Crippen molar-refractivity contribution in [3.05, 3.63) is 84.2 Å². The Morgan fingerprint density at radius 1 is 1.04 bits per heavy atom. The minimum absolute atomic E-state index is 0.144. The van der Waals surface area contributed by atoms with Gasteiger partial charge in [0.15, 0.2) is 0 Å². The summed E-state index contributed by atoms with van der Waals surface area (Å²) < 4.78 is 18.4. The van der Waals surface area contributed by atoms with Gasteiger partial charge in [0, 0.05) is 12.6 Å². The maximum absolute atomic E-state index is 12.8. The number of halogens is 1. The average molecular weight is 311 g/mol. The van der Waals surface area contributed by atoms with Crippen LogP contribution in [0.15, 0.2) is 72.8 Å². The fraction of sp³-hybridized carbons (Fsp3) is 0.105. The molecule has 0 saturated carbocycles. The molecule has 0 fully saturated rings. The van der Waals surface area contributed by atoms with E-state index in [1.54, 1.807) is 36.4 Å². The van der Waals surface area contributed by atoms with Gasteiger partial charge in [-0.05, 0) is 48.9 Å². The van der Waals surface area contributed by atoms with Crippen LogP contribution in [-0.4, -0.2) is 5.91 Å². The molecule has 2 aromatic rings. The zero-order valence-electron chi connectivity index (χ0n) is 12.8. The summed E-state index contributed by atoms with van der Waals surface area (Å²) >= 11 is 0. The van der Waals surface area contributed by atoms with E-state index in [2.05, 4.69) is 5.32 Å². The third kappa shape index (κ3) is 5.79. The normalized spacial score (nSPS) is 11.0. The quantitative estimate of drug-likeness (QED) is 0.635. The van der Waals surface area contributed by atoms with Crippen molar-refractivity contribution in [1.29, 1.82) is 0 Å². The smallest absolute Gasteiger partial charge is 0.244 e. The number of benzene rings is 2. The Morgan fingerprint density at radius 2 is 1.65 bits per heavy atom. The van der Waals surface area contributed by atoms with Gasteiger partial charge < -0.3 is 10.1 Å². The fourth-order valence-electron chi connectivity index (χ4n) is 1.82. The van der Waals surface area contributed by atoms with Crippen molar-refractivity contribution in [2.24, 2.45) is 0 Å². The van der Waals surface area contributed by atoms with Gasteiger partial charge in [0.05, 0.1) is 0 Å². The van der Waals surface area contributed by atoms with Crippen molar-refractivity contribution in [2.75, 3.05) is 0 Å². The Morgan fingerprint density at radius 3 is 2.26 bits per heavy atom. The Bertz CT molecular complexity index is 688. The number of ether oxygens (including phenoxy) is 1. The van der Waals surface area contributed by atoms with Crippen LogP contribution in [0.3, 0.4) is 0 Å². The molecular formula is C19H18FNO2. The molecule has 0 heterocycles.